The first-order valence-electron chi connectivity index (χ1n) is 6.21. The number of rotatable bonds is 6. The van der Waals surface area contributed by atoms with Crippen LogP contribution in [0.1, 0.15) is 12.8 Å². The Hall–Kier alpha value is -2.16. The molecule has 1 saturated heterocycles. The molecule has 1 fully saturated rings. The number of carboxylic acids is 1. The first kappa shape index (κ1) is 15.9. The van der Waals surface area contributed by atoms with Gasteiger partial charge in [0.1, 0.15) is 12.6 Å². The fourth-order valence-corrected chi connectivity index (χ4v) is 1.97. The lowest BCUT2D eigenvalue weighted by molar-refractivity contribution is -0.141. The largest absolute Gasteiger partial charge is 0.480 e. The first-order valence-corrected chi connectivity index (χ1v) is 6.21. The van der Waals surface area contributed by atoms with E-state index in [0.717, 1.165) is 0 Å². The van der Waals surface area contributed by atoms with Crippen molar-refractivity contribution >= 4 is 23.7 Å². The van der Waals surface area contributed by atoms with Crippen molar-refractivity contribution in [2.45, 2.75) is 18.9 Å². The highest BCUT2D eigenvalue weighted by Crippen LogP contribution is 2.17. The standard InChI is InChI=1S/C11H18N4O5/c12-4-8(16)13-5-9(17)15-3-1-2-7(15)11(20)14-6-10(18)19/h7H,1-6,12H2,(H,13,16)(H,14,20)(H,18,19). The van der Waals surface area contributed by atoms with Crippen LogP contribution in [0.15, 0.2) is 0 Å². The first-order chi connectivity index (χ1) is 9.45. The minimum Gasteiger partial charge on any atom is -0.480 e. The number of carbonyl (C=O) groups is 4. The second-order valence-corrected chi connectivity index (χ2v) is 4.34. The molecule has 9 nitrogen and oxygen atoms in total. The van der Waals surface area contributed by atoms with E-state index in [-0.39, 0.29) is 19.0 Å². The Morgan fingerprint density at radius 3 is 2.50 bits per heavy atom. The van der Waals surface area contributed by atoms with Gasteiger partial charge in [0.25, 0.3) is 0 Å². The molecule has 0 radical (unpaired) electrons. The van der Waals surface area contributed by atoms with E-state index in [9.17, 15) is 19.2 Å². The Kier molecular flexibility index (Phi) is 5.91. The predicted molar refractivity (Wildman–Crippen MR) is 67.4 cm³/mol. The number of nitrogens with two attached hydrogens (primary N) is 1. The van der Waals surface area contributed by atoms with Gasteiger partial charge in [-0.2, -0.15) is 0 Å². The number of likely N-dealkylation sites (tertiary alicyclic amines) is 1. The van der Waals surface area contributed by atoms with Gasteiger partial charge >= 0.3 is 5.97 Å². The van der Waals surface area contributed by atoms with Gasteiger partial charge in [0.05, 0.1) is 13.1 Å². The summed E-state index contributed by atoms with van der Waals surface area (Å²) in [6.45, 7) is -0.516. The number of hydrogen-bond donors (Lipinski definition) is 4. The smallest absolute Gasteiger partial charge is 0.322 e. The van der Waals surface area contributed by atoms with Crippen LogP contribution in [-0.4, -0.2) is 65.9 Å². The van der Waals surface area contributed by atoms with Gasteiger partial charge in [-0.15, -0.1) is 0 Å². The summed E-state index contributed by atoms with van der Waals surface area (Å²) in [5.41, 5.74) is 5.10. The third-order valence-electron chi connectivity index (χ3n) is 2.91. The molecule has 1 aliphatic rings. The summed E-state index contributed by atoms with van der Waals surface area (Å²) in [7, 11) is 0. The maximum atomic E-state index is 11.9. The zero-order valence-corrected chi connectivity index (χ0v) is 10.9. The van der Waals surface area contributed by atoms with Crippen LogP contribution in [0.25, 0.3) is 0 Å². The molecule has 1 rings (SSSR count). The average molecular weight is 286 g/mol. The summed E-state index contributed by atoms with van der Waals surface area (Å²) >= 11 is 0. The van der Waals surface area contributed by atoms with Crippen LogP contribution in [0.5, 0.6) is 0 Å². The molecule has 0 aromatic rings. The minimum atomic E-state index is -1.15. The normalized spacial score (nSPS) is 17.6. The molecule has 0 bridgehead atoms. The van der Waals surface area contributed by atoms with Crippen molar-refractivity contribution in [1.82, 2.24) is 15.5 Å². The molecule has 0 aromatic carbocycles. The summed E-state index contributed by atoms with van der Waals surface area (Å²) in [4.78, 5) is 46.4. The summed E-state index contributed by atoms with van der Waals surface area (Å²) in [5.74, 6) is -2.49. The van der Waals surface area contributed by atoms with Crippen LogP contribution in [-0.2, 0) is 19.2 Å². The summed E-state index contributed by atoms with van der Waals surface area (Å²) in [5, 5.41) is 13.1. The number of nitrogens with zero attached hydrogens (tertiary/aromatic N) is 1. The molecule has 1 atom stereocenters. The lowest BCUT2D eigenvalue weighted by Crippen LogP contribution is -2.50. The summed E-state index contributed by atoms with van der Waals surface area (Å²) < 4.78 is 0. The summed E-state index contributed by atoms with van der Waals surface area (Å²) in [6.07, 6.45) is 1.13. The number of carbonyl (C=O) groups excluding carboxylic acids is 3. The van der Waals surface area contributed by atoms with E-state index in [1.54, 1.807) is 0 Å². The van der Waals surface area contributed by atoms with E-state index in [4.69, 9.17) is 10.8 Å². The number of amides is 3. The van der Waals surface area contributed by atoms with E-state index in [0.29, 0.717) is 19.4 Å². The number of carboxylic acid groups (broad SMARTS) is 1. The zero-order chi connectivity index (χ0) is 15.1. The van der Waals surface area contributed by atoms with Gasteiger partial charge < -0.3 is 26.4 Å². The van der Waals surface area contributed by atoms with E-state index in [2.05, 4.69) is 10.6 Å². The van der Waals surface area contributed by atoms with Crippen molar-refractivity contribution in [2.75, 3.05) is 26.2 Å². The van der Waals surface area contributed by atoms with E-state index < -0.39 is 30.4 Å². The van der Waals surface area contributed by atoms with Crippen molar-refractivity contribution in [3.05, 3.63) is 0 Å². The number of nitrogens with one attached hydrogen (secondary N) is 2. The molecule has 3 amide bonds. The second kappa shape index (κ2) is 7.43. The van der Waals surface area contributed by atoms with Gasteiger partial charge in [-0.05, 0) is 12.8 Å². The lowest BCUT2D eigenvalue weighted by atomic mass is 10.2. The molecular weight excluding hydrogens is 268 g/mol. The van der Waals surface area contributed by atoms with Crippen molar-refractivity contribution in [3.63, 3.8) is 0 Å². The Morgan fingerprint density at radius 2 is 1.90 bits per heavy atom. The molecule has 0 aromatic heterocycles. The topological polar surface area (TPSA) is 142 Å². The zero-order valence-electron chi connectivity index (χ0n) is 10.9. The SMILES string of the molecule is NCC(=O)NCC(=O)N1CCCC1C(=O)NCC(=O)O. The highest BCUT2D eigenvalue weighted by Gasteiger charge is 2.33. The lowest BCUT2D eigenvalue weighted by Gasteiger charge is -2.23. The highest BCUT2D eigenvalue weighted by molar-refractivity contribution is 5.91. The number of aliphatic carboxylic acids is 1. The van der Waals surface area contributed by atoms with Crippen LogP contribution >= 0.6 is 0 Å². The fraction of sp³-hybridized carbons (Fsp3) is 0.636. The Morgan fingerprint density at radius 1 is 1.20 bits per heavy atom. The molecule has 9 heteroatoms. The van der Waals surface area contributed by atoms with Crippen molar-refractivity contribution in [2.24, 2.45) is 5.73 Å². The van der Waals surface area contributed by atoms with Crippen molar-refractivity contribution in [1.29, 1.82) is 0 Å². The molecule has 0 spiro atoms. The molecule has 5 N–H and O–H groups in total. The van der Waals surface area contributed by atoms with Crippen molar-refractivity contribution in [3.8, 4) is 0 Å². The van der Waals surface area contributed by atoms with Crippen LogP contribution in [0.3, 0.4) is 0 Å². The second-order valence-electron chi connectivity index (χ2n) is 4.34. The van der Waals surface area contributed by atoms with Gasteiger partial charge in [-0.3, -0.25) is 19.2 Å². The van der Waals surface area contributed by atoms with Gasteiger partial charge in [-0.25, -0.2) is 0 Å². The third-order valence-corrected chi connectivity index (χ3v) is 2.91. The van der Waals surface area contributed by atoms with Crippen LogP contribution < -0.4 is 16.4 Å². The van der Waals surface area contributed by atoms with E-state index in [1.807, 2.05) is 0 Å². The highest BCUT2D eigenvalue weighted by atomic mass is 16.4. The molecule has 1 aliphatic heterocycles. The molecule has 1 heterocycles. The summed E-state index contributed by atoms with van der Waals surface area (Å²) in [6, 6.07) is -0.684. The van der Waals surface area contributed by atoms with Gasteiger partial charge in [-0.1, -0.05) is 0 Å². The third kappa shape index (κ3) is 4.50. The molecule has 20 heavy (non-hydrogen) atoms. The Bertz CT molecular complexity index is 412. The van der Waals surface area contributed by atoms with Crippen LogP contribution in [0.2, 0.25) is 0 Å². The quantitative estimate of drug-likeness (QED) is 0.417. The Balaban J connectivity index is 2.51. The minimum absolute atomic E-state index is 0.212. The molecule has 1 unspecified atom stereocenters. The molecule has 0 aliphatic carbocycles. The monoisotopic (exact) mass is 286 g/mol. The van der Waals surface area contributed by atoms with Crippen LogP contribution in [0, 0.1) is 0 Å². The van der Waals surface area contributed by atoms with Crippen LogP contribution in [0.4, 0.5) is 0 Å². The molecule has 0 saturated carbocycles. The van der Waals surface area contributed by atoms with Gasteiger partial charge in [0.15, 0.2) is 0 Å². The Labute approximate surface area is 115 Å². The van der Waals surface area contributed by atoms with E-state index in [1.165, 1.54) is 4.90 Å². The average Bonchev–Trinajstić information content (AvgIpc) is 2.90. The maximum absolute atomic E-state index is 11.9. The molecule has 112 valence electrons. The fourth-order valence-electron chi connectivity index (χ4n) is 1.97. The van der Waals surface area contributed by atoms with Gasteiger partial charge in [0, 0.05) is 6.54 Å². The van der Waals surface area contributed by atoms with Gasteiger partial charge in [0.2, 0.25) is 17.7 Å². The predicted octanol–water partition coefficient (Wildman–Crippen LogP) is -2.75. The number of hydrogen-bond acceptors (Lipinski definition) is 5. The van der Waals surface area contributed by atoms with E-state index >= 15 is 0 Å². The van der Waals surface area contributed by atoms with Crippen molar-refractivity contribution < 1.29 is 24.3 Å². The maximum Gasteiger partial charge on any atom is 0.322 e. The molecular formula is C11H18N4O5.